The summed E-state index contributed by atoms with van der Waals surface area (Å²) >= 11 is 0. The van der Waals surface area contributed by atoms with E-state index < -0.39 is 24.0 Å². The molecule has 17 heavy (non-hydrogen) atoms. The number of carbonyl (C=O) groups excluding carboxylic acids is 1. The van der Waals surface area contributed by atoms with Gasteiger partial charge in [0.05, 0.1) is 0 Å². The summed E-state index contributed by atoms with van der Waals surface area (Å²) in [6.07, 6.45) is -0.338. The first-order chi connectivity index (χ1) is 7.73. The molecule has 0 aliphatic rings. The number of carbonyl (C=O) groups is 3. The Labute approximate surface area is 98.2 Å². The molecule has 0 fully saturated rings. The number of carboxylic acid groups (broad SMARTS) is 2. The Balaban J connectivity index is 4.58. The summed E-state index contributed by atoms with van der Waals surface area (Å²) in [4.78, 5) is 32.2. The third kappa shape index (κ3) is 6.14. The Morgan fingerprint density at radius 1 is 1.35 bits per heavy atom. The summed E-state index contributed by atoms with van der Waals surface area (Å²) in [5.41, 5.74) is -0.143. The molecular weight excluding hydrogens is 228 g/mol. The van der Waals surface area contributed by atoms with Crippen molar-refractivity contribution in [3.63, 3.8) is 0 Å². The van der Waals surface area contributed by atoms with Crippen molar-refractivity contribution >= 4 is 17.9 Å². The first kappa shape index (κ1) is 14.9. The molecule has 6 nitrogen and oxygen atoms in total. The quantitative estimate of drug-likeness (QED) is 0.531. The maximum absolute atomic E-state index is 11.1. The zero-order valence-corrected chi connectivity index (χ0v) is 9.60. The standard InChI is InChI=1S/C11H14O6/c1-6(2)11(16)17-7(3)4-8(10(14)15)5-9(12)13/h5,7H,1,4H2,2-3H3,(H,12,13)(H,14,15)/b8-5-. The second-order valence-corrected chi connectivity index (χ2v) is 3.51. The van der Waals surface area contributed by atoms with E-state index in [9.17, 15) is 14.4 Å². The van der Waals surface area contributed by atoms with Gasteiger partial charge in [-0.25, -0.2) is 14.4 Å². The second kappa shape index (κ2) is 6.47. The van der Waals surface area contributed by atoms with Crippen LogP contribution < -0.4 is 0 Å². The molecule has 1 unspecified atom stereocenters. The largest absolute Gasteiger partial charge is 0.478 e. The van der Waals surface area contributed by atoms with Crippen LogP contribution in [0.2, 0.25) is 0 Å². The molecule has 94 valence electrons. The number of carboxylic acids is 2. The van der Waals surface area contributed by atoms with Crippen molar-refractivity contribution in [3.8, 4) is 0 Å². The van der Waals surface area contributed by atoms with E-state index in [4.69, 9.17) is 14.9 Å². The third-order valence-corrected chi connectivity index (χ3v) is 1.74. The van der Waals surface area contributed by atoms with Crippen LogP contribution in [0.5, 0.6) is 0 Å². The molecular formula is C11H14O6. The third-order valence-electron chi connectivity index (χ3n) is 1.74. The minimum atomic E-state index is -1.36. The summed E-state index contributed by atoms with van der Waals surface area (Å²) in [5.74, 6) is -3.36. The Morgan fingerprint density at radius 3 is 2.24 bits per heavy atom. The molecule has 0 aliphatic heterocycles. The number of rotatable bonds is 6. The molecule has 0 aromatic rings. The second-order valence-electron chi connectivity index (χ2n) is 3.51. The van der Waals surface area contributed by atoms with Gasteiger partial charge in [-0.15, -0.1) is 0 Å². The lowest BCUT2D eigenvalue weighted by molar-refractivity contribution is -0.144. The van der Waals surface area contributed by atoms with Gasteiger partial charge in [0.15, 0.2) is 0 Å². The zero-order valence-electron chi connectivity index (χ0n) is 9.60. The van der Waals surface area contributed by atoms with Crippen LogP contribution in [0.3, 0.4) is 0 Å². The van der Waals surface area contributed by atoms with Crippen LogP contribution in [0, 0.1) is 0 Å². The van der Waals surface area contributed by atoms with Crippen molar-refractivity contribution in [2.45, 2.75) is 26.4 Å². The number of hydrogen-bond acceptors (Lipinski definition) is 4. The van der Waals surface area contributed by atoms with Crippen molar-refractivity contribution < 1.29 is 29.3 Å². The van der Waals surface area contributed by atoms with Crippen LogP contribution in [-0.2, 0) is 19.1 Å². The van der Waals surface area contributed by atoms with Crippen LogP contribution in [0.25, 0.3) is 0 Å². The highest BCUT2D eigenvalue weighted by Crippen LogP contribution is 2.10. The molecule has 0 radical (unpaired) electrons. The highest BCUT2D eigenvalue weighted by atomic mass is 16.5. The van der Waals surface area contributed by atoms with Crippen molar-refractivity contribution in [1.29, 1.82) is 0 Å². The maximum atomic E-state index is 11.1. The zero-order chi connectivity index (χ0) is 13.6. The van der Waals surface area contributed by atoms with Crippen LogP contribution in [0.4, 0.5) is 0 Å². The van der Waals surface area contributed by atoms with Gasteiger partial charge in [0.2, 0.25) is 0 Å². The van der Waals surface area contributed by atoms with Gasteiger partial charge in [0.25, 0.3) is 0 Å². The van der Waals surface area contributed by atoms with Gasteiger partial charge in [-0.05, 0) is 13.8 Å². The SMILES string of the molecule is C=C(C)C(=O)OC(C)C/C(=C/C(=O)O)C(=O)O. The van der Waals surface area contributed by atoms with Crippen LogP contribution in [0.15, 0.2) is 23.8 Å². The molecule has 0 heterocycles. The van der Waals surface area contributed by atoms with Gasteiger partial charge in [-0.2, -0.15) is 0 Å². The average Bonchev–Trinajstić information content (AvgIpc) is 2.15. The van der Waals surface area contributed by atoms with E-state index in [1.807, 2.05) is 0 Å². The molecule has 2 N–H and O–H groups in total. The Hall–Kier alpha value is -2.11. The summed E-state index contributed by atoms with van der Waals surface area (Å²) in [7, 11) is 0. The number of aliphatic carboxylic acids is 2. The van der Waals surface area contributed by atoms with E-state index >= 15 is 0 Å². The van der Waals surface area contributed by atoms with Gasteiger partial charge < -0.3 is 14.9 Å². The highest BCUT2D eigenvalue weighted by molar-refractivity contribution is 5.94. The summed E-state index contributed by atoms with van der Waals surface area (Å²) in [5, 5.41) is 17.2. The molecule has 6 heteroatoms. The smallest absolute Gasteiger partial charge is 0.333 e. The minimum absolute atomic E-state index is 0.180. The Bertz CT molecular complexity index is 379. The number of esters is 1. The van der Waals surface area contributed by atoms with Crippen molar-refractivity contribution in [3.05, 3.63) is 23.8 Å². The normalized spacial score (nSPS) is 12.7. The molecule has 0 spiro atoms. The van der Waals surface area contributed by atoms with E-state index in [0.29, 0.717) is 6.08 Å². The van der Waals surface area contributed by atoms with Crippen LogP contribution in [-0.4, -0.2) is 34.2 Å². The first-order valence-electron chi connectivity index (χ1n) is 4.77. The fourth-order valence-electron chi connectivity index (χ4n) is 0.992. The molecule has 0 aromatic heterocycles. The van der Waals surface area contributed by atoms with Crippen LogP contribution >= 0.6 is 0 Å². The summed E-state index contributed by atoms with van der Waals surface area (Å²) < 4.78 is 4.84. The topological polar surface area (TPSA) is 101 Å². The predicted molar refractivity (Wildman–Crippen MR) is 58.3 cm³/mol. The molecule has 0 saturated heterocycles. The van der Waals surface area contributed by atoms with Gasteiger partial charge in [0.1, 0.15) is 6.10 Å². The molecule has 0 amide bonds. The van der Waals surface area contributed by atoms with E-state index in [-0.39, 0.29) is 17.6 Å². The molecule has 0 saturated carbocycles. The molecule has 1 atom stereocenters. The average molecular weight is 242 g/mol. The van der Waals surface area contributed by atoms with Crippen LogP contribution in [0.1, 0.15) is 20.3 Å². The molecule has 0 rings (SSSR count). The fourth-order valence-corrected chi connectivity index (χ4v) is 0.992. The van der Waals surface area contributed by atoms with E-state index in [2.05, 4.69) is 6.58 Å². The van der Waals surface area contributed by atoms with Gasteiger partial charge in [-0.3, -0.25) is 0 Å². The number of hydrogen-bond donors (Lipinski definition) is 2. The Morgan fingerprint density at radius 2 is 1.88 bits per heavy atom. The van der Waals surface area contributed by atoms with Gasteiger partial charge in [-0.1, -0.05) is 6.58 Å². The fraction of sp³-hybridized carbons (Fsp3) is 0.364. The summed E-state index contributed by atoms with van der Waals surface area (Å²) in [6.45, 7) is 6.30. The maximum Gasteiger partial charge on any atom is 0.333 e. The predicted octanol–water partition coefficient (Wildman–Crippen LogP) is 0.980. The minimum Gasteiger partial charge on any atom is -0.478 e. The van der Waals surface area contributed by atoms with Gasteiger partial charge >= 0.3 is 17.9 Å². The van der Waals surface area contributed by atoms with E-state index in [1.54, 1.807) is 0 Å². The Kier molecular flexibility index (Phi) is 5.66. The van der Waals surface area contributed by atoms with Crippen molar-refractivity contribution in [2.75, 3.05) is 0 Å². The molecule has 0 bridgehead atoms. The van der Waals surface area contributed by atoms with E-state index in [0.717, 1.165) is 0 Å². The van der Waals surface area contributed by atoms with Crippen molar-refractivity contribution in [2.24, 2.45) is 0 Å². The first-order valence-corrected chi connectivity index (χ1v) is 4.77. The van der Waals surface area contributed by atoms with Gasteiger partial charge in [0, 0.05) is 23.6 Å². The lowest BCUT2D eigenvalue weighted by Gasteiger charge is -2.13. The summed E-state index contributed by atoms with van der Waals surface area (Å²) in [6, 6.07) is 0. The lowest BCUT2D eigenvalue weighted by Crippen LogP contribution is -2.18. The number of ether oxygens (including phenoxy) is 1. The molecule has 0 aliphatic carbocycles. The van der Waals surface area contributed by atoms with E-state index in [1.165, 1.54) is 13.8 Å². The lowest BCUT2D eigenvalue weighted by atomic mass is 10.1. The molecule has 0 aromatic carbocycles. The monoisotopic (exact) mass is 242 g/mol. The highest BCUT2D eigenvalue weighted by Gasteiger charge is 2.17. The van der Waals surface area contributed by atoms with Crippen molar-refractivity contribution in [1.82, 2.24) is 0 Å².